The molecule has 2 N–H and O–H groups in total. The Hall–Kier alpha value is -1.33. The molecular formula is C10H11F2NO2. The van der Waals surface area contributed by atoms with Gasteiger partial charge in [-0.15, -0.1) is 0 Å². The number of halogens is 2. The molecule has 0 aliphatic heterocycles. The van der Waals surface area contributed by atoms with Gasteiger partial charge in [0.1, 0.15) is 18.2 Å². The summed E-state index contributed by atoms with van der Waals surface area (Å²) in [6.45, 7) is 0.194. The van der Waals surface area contributed by atoms with E-state index in [4.69, 9.17) is 10.5 Å². The number of hydrogen-bond donors (Lipinski definition) is 1. The topological polar surface area (TPSA) is 52.3 Å². The number of hydrogen-bond acceptors (Lipinski definition) is 3. The Morgan fingerprint density at radius 1 is 1.40 bits per heavy atom. The molecule has 0 atom stereocenters. The van der Waals surface area contributed by atoms with Crippen molar-refractivity contribution in [1.29, 1.82) is 0 Å². The number of carbonyl (C=O) groups is 1. The lowest BCUT2D eigenvalue weighted by Crippen LogP contribution is -2.15. The first kappa shape index (κ1) is 11.7. The van der Waals surface area contributed by atoms with Crippen LogP contribution < -0.4 is 5.73 Å². The molecule has 15 heavy (non-hydrogen) atoms. The Labute approximate surface area is 85.8 Å². The highest BCUT2D eigenvalue weighted by atomic mass is 19.1. The Morgan fingerprint density at radius 3 is 2.80 bits per heavy atom. The van der Waals surface area contributed by atoms with Crippen molar-refractivity contribution in [3.05, 3.63) is 35.4 Å². The summed E-state index contributed by atoms with van der Waals surface area (Å²) in [5, 5.41) is 0. The van der Waals surface area contributed by atoms with Crippen molar-refractivity contribution in [2.45, 2.75) is 0 Å². The number of Topliss-reactive ketones (excluding diaryl/α,β-unsaturated/α-hetero) is 1. The molecule has 5 heteroatoms. The van der Waals surface area contributed by atoms with Gasteiger partial charge in [-0.05, 0) is 18.2 Å². The molecule has 0 aliphatic carbocycles. The quantitative estimate of drug-likeness (QED) is 0.591. The summed E-state index contributed by atoms with van der Waals surface area (Å²) in [5.41, 5.74) is 4.84. The summed E-state index contributed by atoms with van der Waals surface area (Å²) in [6, 6.07) is 2.71. The molecular weight excluding hydrogens is 204 g/mol. The van der Waals surface area contributed by atoms with Gasteiger partial charge < -0.3 is 10.5 Å². The van der Waals surface area contributed by atoms with E-state index in [2.05, 4.69) is 0 Å². The fourth-order valence-corrected chi connectivity index (χ4v) is 1.04. The molecule has 0 bridgehead atoms. The highest BCUT2D eigenvalue weighted by Crippen LogP contribution is 2.10. The van der Waals surface area contributed by atoms with Crippen molar-refractivity contribution >= 4 is 5.78 Å². The largest absolute Gasteiger partial charge is 0.372 e. The predicted octanol–water partition coefficient (Wildman–Crippen LogP) is 1.12. The van der Waals surface area contributed by atoms with Crippen molar-refractivity contribution in [3.63, 3.8) is 0 Å². The third-order valence-electron chi connectivity index (χ3n) is 1.72. The number of ketones is 1. The summed E-state index contributed by atoms with van der Waals surface area (Å²) in [5.74, 6) is -2.00. The van der Waals surface area contributed by atoms with Crippen LogP contribution in [0, 0.1) is 11.6 Å². The average molecular weight is 215 g/mol. The van der Waals surface area contributed by atoms with Gasteiger partial charge in [0.05, 0.1) is 12.2 Å². The zero-order valence-corrected chi connectivity index (χ0v) is 8.00. The van der Waals surface area contributed by atoms with Gasteiger partial charge >= 0.3 is 0 Å². The molecule has 0 amide bonds. The first-order valence-corrected chi connectivity index (χ1v) is 4.41. The summed E-state index contributed by atoms with van der Waals surface area (Å²) < 4.78 is 30.6. The Balaban J connectivity index is 2.68. The van der Waals surface area contributed by atoms with Crippen molar-refractivity contribution in [3.8, 4) is 0 Å². The molecule has 0 radical (unpaired) electrons. The molecule has 1 aromatic carbocycles. The second kappa shape index (κ2) is 5.53. The smallest absolute Gasteiger partial charge is 0.191 e. The summed E-state index contributed by atoms with van der Waals surface area (Å²) in [4.78, 5) is 11.3. The minimum atomic E-state index is -0.752. The van der Waals surface area contributed by atoms with Crippen LogP contribution in [0.25, 0.3) is 0 Å². The minimum Gasteiger partial charge on any atom is -0.372 e. The van der Waals surface area contributed by atoms with Crippen LogP contribution in [0.5, 0.6) is 0 Å². The zero-order valence-electron chi connectivity index (χ0n) is 8.00. The van der Waals surface area contributed by atoms with Crippen molar-refractivity contribution in [1.82, 2.24) is 0 Å². The van der Waals surface area contributed by atoms with E-state index in [9.17, 15) is 13.6 Å². The molecule has 0 saturated carbocycles. The van der Waals surface area contributed by atoms with Crippen molar-refractivity contribution < 1.29 is 18.3 Å². The van der Waals surface area contributed by atoms with Crippen LogP contribution in [0.15, 0.2) is 18.2 Å². The zero-order chi connectivity index (χ0) is 11.3. The molecule has 3 nitrogen and oxygen atoms in total. The van der Waals surface area contributed by atoms with Gasteiger partial charge in [-0.25, -0.2) is 8.78 Å². The van der Waals surface area contributed by atoms with Gasteiger partial charge in [-0.3, -0.25) is 4.79 Å². The number of benzene rings is 1. The van der Waals surface area contributed by atoms with Crippen LogP contribution in [-0.4, -0.2) is 25.5 Å². The monoisotopic (exact) mass is 215 g/mol. The fourth-order valence-electron chi connectivity index (χ4n) is 1.04. The lowest BCUT2D eigenvalue weighted by atomic mass is 10.1. The maximum absolute atomic E-state index is 13.1. The predicted molar refractivity (Wildman–Crippen MR) is 50.6 cm³/mol. The second-order valence-corrected chi connectivity index (χ2v) is 2.89. The van der Waals surface area contributed by atoms with Gasteiger partial charge in [0.15, 0.2) is 5.78 Å². The number of carbonyl (C=O) groups excluding carboxylic acids is 1. The minimum absolute atomic E-state index is 0.211. The second-order valence-electron chi connectivity index (χ2n) is 2.89. The molecule has 82 valence electrons. The maximum Gasteiger partial charge on any atom is 0.191 e. The van der Waals surface area contributed by atoms with E-state index in [1.54, 1.807) is 0 Å². The standard InChI is InChI=1S/C10H11F2NO2/c11-7-1-2-9(12)8(5-7)10(14)6-15-4-3-13/h1-2,5H,3-4,6,13H2. The lowest BCUT2D eigenvalue weighted by Gasteiger charge is -2.03. The number of rotatable bonds is 5. The van der Waals surface area contributed by atoms with Gasteiger partial charge in [-0.2, -0.15) is 0 Å². The SMILES string of the molecule is NCCOCC(=O)c1cc(F)ccc1F. The third kappa shape index (κ3) is 3.38. The average Bonchev–Trinajstić information content (AvgIpc) is 2.22. The molecule has 0 spiro atoms. The van der Waals surface area contributed by atoms with Gasteiger partial charge in [0.2, 0.25) is 0 Å². The molecule has 0 aromatic heterocycles. The first-order valence-electron chi connectivity index (χ1n) is 4.41. The van der Waals surface area contributed by atoms with Crippen LogP contribution in [0.4, 0.5) is 8.78 Å². The van der Waals surface area contributed by atoms with Crippen LogP contribution in [-0.2, 0) is 4.74 Å². The Bertz CT molecular complexity index is 355. The van der Waals surface area contributed by atoms with E-state index in [0.29, 0.717) is 0 Å². The Morgan fingerprint density at radius 2 is 2.13 bits per heavy atom. The highest BCUT2D eigenvalue weighted by Gasteiger charge is 2.12. The number of nitrogens with two attached hydrogens (primary N) is 1. The van der Waals surface area contributed by atoms with E-state index in [0.717, 1.165) is 18.2 Å². The van der Waals surface area contributed by atoms with E-state index >= 15 is 0 Å². The lowest BCUT2D eigenvalue weighted by molar-refractivity contribution is 0.0769. The van der Waals surface area contributed by atoms with E-state index in [1.807, 2.05) is 0 Å². The van der Waals surface area contributed by atoms with E-state index in [1.165, 1.54) is 0 Å². The molecule has 0 heterocycles. The molecule has 0 unspecified atom stereocenters. The number of ether oxygens (including phenoxy) is 1. The van der Waals surface area contributed by atoms with E-state index < -0.39 is 17.4 Å². The molecule has 0 aliphatic rings. The Kier molecular flexibility index (Phi) is 4.33. The summed E-state index contributed by atoms with van der Waals surface area (Å²) in [7, 11) is 0. The molecule has 1 rings (SSSR count). The van der Waals surface area contributed by atoms with E-state index in [-0.39, 0.29) is 25.3 Å². The van der Waals surface area contributed by atoms with Crippen LogP contribution >= 0.6 is 0 Å². The van der Waals surface area contributed by atoms with Crippen LogP contribution in [0.2, 0.25) is 0 Å². The summed E-state index contributed by atoms with van der Waals surface area (Å²) in [6.07, 6.45) is 0. The van der Waals surface area contributed by atoms with Crippen LogP contribution in [0.1, 0.15) is 10.4 Å². The van der Waals surface area contributed by atoms with Crippen molar-refractivity contribution in [2.24, 2.45) is 5.73 Å². The van der Waals surface area contributed by atoms with Crippen LogP contribution in [0.3, 0.4) is 0 Å². The van der Waals surface area contributed by atoms with Gasteiger partial charge in [-0.1, -0.05) is 0 Å². The normalized spacial score (nSPS) is 10.3. The van der Waals surface area contributed by atoms with Gasteiger partial charge in [0.25, 0.3) is 0 Å². The third-order valence-corrected chi connectivity index (χ3v) is 1.72. The summed E-state index contributed by atoms with van der Waals surface area (Å²) >= 11 is 0. The molecule has 0 saturated heterocycles. The molecule has 0 fully saturated rings. The van der Waals surface area contributed by atoms with Crippen molar-refractivity contribution in [2.75, 3.05) is 19.8 Å². The fraction of sp³-hybridized carbons (Fsp3) is 0.300. The first-order chi connectivity index (χ1) is 7.15. The van der Waals surface area contributed by atoms with Gasteiger partial charge in [0, 0.05) is 6.54 Å². The maximum atomic E-state index is 13.1. The highest BCUT2D eigenvalue weighted by molar-refractivity contribution is 5.97. The molecule has 1 aromatic rings.